The number of hydrogen-bond acceptors (Lipinski definition) is 8. The normalized spacial score (nSPS) is 11.1. The lowest BCUT2D eigenvalue weighted by Gasteiger charge is -2.08. The topological polar surface area (TPSA) is 105 Å². The summed E-state index contributed by atoms with van der Waals surface area (Å²) in [6.07, 6.45) is 4.91. The van der Waals surface area contributed by atoms with Crippen LogP contribution in [0.25, 0.3) is 22.3 Å². The van der Waals surface area contributed by atoms with Crippen molar-refractivity contribution in [2.75, 3.05) is 21.3 Å². The largest absolute Gasteiger partial charge is 0.493 e. The van der Waals surface area contributed by atoms with Crippen molar-refractivity contribution in [3.05, 3.63) is 75.4 Å². The monoisotopic (exact) mass is 465 g/mol. The van der Waals surface area contributed by atoms with Gasteiger partial charge in [0.15, 0.2) is 28.0 Å². The van der Waals surface area contributed by atoms with Gasteiger partial charge in [0, 0.05) is 28.8 Å². The van der Waals surface area contributed by atoms with Crippen LogP contribution in [0, 0.1) is 10.1 Å². The highest BCUT2D eigenvalue weighted by Crippen LogP contribution is 2.35. The van der Waals surface area contributed by atoms with Crippen molar-refractivity contribution in [1.82, 2.24) is 9.38 Å². The number of carbonyl (C=O) groups excluding carboxylic acids is 1. The molecule has 9 nitrogen and oxygen atoms in total. The van der Waals surface area contributed by atoms with Gasteiger partial charge in [0.1, 0.15) is 0 Å². The lowest BCUT2D eigenvalue weighted by molar-refractivity contribution is -0.385. The molecule has 0 saturated carbocycles. The molecular weight excluding hydrogens is 446 g/mol. The second-order valence-corrected chi connectivity index (χ2v) is 7.69. The zero-order valence-corrected chi connectivity index (χ0v) is 18.8. The van der Waals surface area contributed by atoms with Crippen LogP contribution in [0.5, 0.6) is 17.2 Å². The molecule has 168 valence electrons. The standard InChI is InChI=1S/C23H19N3O6S/c1-30-19-8-5-15(12-17(19)26(28)29)22-16(25-10-11-33-23(25)24-22)6-7-18(27)14-4-9-20(31-2)21(13-14)32-3/h4-13H,1-3H3/b7-6+. The molecule has 2 aromatic heterocycles. The molecule has 0 aliphatic heterocycles. The van der Waals surface area contributed by atoms with E-state index in [9.17, 15) is 14.9 Å². The van der Waals surface area contributed by atoms with Crippen molar-refractivity contribution in [1.29, 1.82) is 0 Å². The SMILES string of the molecule is COc1ccc(C(=O)/C=C/c2c(-c3ccc(OC)c([N+](=O)[O-])c3)nc3sccn23)cc1OC. The highest BCUT2D eigenvalue weighted by Gasteiger charge is 2.20. The van der Waals surface area contributed by atoms with Crippen LogP contribution in [0.1, 0.15) is 16.1 Å². The second-order valence-electron chi connectivity index (χ2n) is 6.81. The van der Waals surface area contributed by atoms with E-state index in [0.717, 1.165) is 0 Å². The minimum Gasteiger partial charge on any atom is -0.493 e. The van der Waals surface area contributed by atoms with Crippen molar-refractivity contribution in [2.24, 2.45) is 0 Å². The summed E-state index contributed by atoms with van der Waals surface area (Å²) in [4.78, 5) is 29.1. The molecule has 0 spiro atoms. The average molecular weight is 465 g/mol. The van der Waals surface area contributed by atoms with Gasteiger partial charge in [-0.1, -0.05) is 0 Å². The van der Waals surface area contributed by atoms with Crippen molar-refractivity contribution < 1.29 is 23.9 Å². The molecular formula is C23H19N3O6S. The number of fused-ring (bicyclic) bond motifs is 1. The summed E-state index contributed by atoms with van der Waals surface area (Å²) in [6, 6.07) is 9.57. The molecule has 0 saturated heterocycles. The molecule has 0 aliphatic rings. The van der Waals surface area contributed by atoms with Gasteiger partial charge < -0.3 is 14.2 Å². The van der Waals surface area contributed by atoms with E-state index in [1.165, 1.54) is 50.9 Å². The summed E-state index contributed by atoms with van der Waals surface area (Å²) in [6.45, 7) is 0. The predicted octanol–water partition coefficient (Wildman–Crippen LogP) is 4.89. The third kappa shape index (κ3) is 4.15. The van der Waals surface area contributed by atoms with Crippen LogP contribution in [-0.2, 0) is 0 Å². The average Bonchev–Trinajstić information content (AvgIpc) is 3.43. The van der Waals surface area contributed by atoms with Gasteiger partial charge in [0.05, 0.1) is 37.6 Å². The summed E-state index contributed by atoms with van der Waals surface area (Å²) in [7, 11) is 4.40. The number of aromatic nitrogens is 2. The first-order valence-corrected chi connectivity index (χ1v) is 10.6. The van der Waals surface area contributed by atoms with Crippen molar-refractivity contribution in [2.45, 2.75) is 0 Å². The molecule has 0 atom stereocenters. The van der Waals surface area contributed by atoms with Gasteiger partial charge >= 0.3 is 5.69 Å². The van der Waals surface area contributed by atoms with Gasteiger partial charge in [-0.25, -0.2) is 4.98 Å². The zero-order valence-electron chi connectivity index (χ0n) is 18.0. The van der Waals surface area contributed by atoms with E-state index in [0.29, 0.717) is 39.0 Å². The summed E-state index contributed by atoms with van der Waals surface area (Å²) in [5, 5.41) is 13.3. The van der Waals surface area contributed by atoms with E-state index < -0.39 is 4.92 Å². The first-order valence-electron chi connectivity index (χ1n) is 9.69. The van der Waals surface area contributed by atoms with Gasteiger partial charge in [0.25, 0.3) is 0 Å². The Labute approximate surface area is 192 Å². The number of ketones is 1. The number of nitro groups is 1. The summed E-state index contributed by atoms with van der Waals surface area (Å²) in [5.41, 5.74) is 1.94. The number of imidazole rings is 1. The fraction of sp³-hybridized carbons (Fsp3) is 0.130. The number of benzene rings is 2. The highest BCUT2D eigenvalue weighted by molar-refractivity contribution is 7.15. The van der Waals surface area contributed by atoms with Gasteiger partial charge in [-0.15, -0.1) is 11.3 Å². The number of rotatable bonds is 8. The van der Waals surface area contributed by atoms with Crippen LogP contribution < -0.4 is 14.2 Å². The number of carbonyl (C=O) groups is 1. The minimum atomic E-state index is -0.503. The summed E-state index contributed by atoms with van der Waals surface area (Å²) >= 11 is 1.42. The maximum atomic E-state index is 12.8. The molecule has 0 aliphatic carbocycles. The Morgan fingerprint density at radius 2 is 1.79 bits per heavy atom. The molecule has 0 fully saturated rings. The van der Waals surface area contributed by atoms with Crippen LogP contribution in [0.4, 0.5) is 5.69 Å². The van der Waals surface area contributed by atoms with Gasteiger partial charge in [-0.05, 0) is 42.5 Å². The molecule has 0 bridgehead atoms. The molecule has 10 heteroatoms. The number of nitrogens with zero attached hydrogens (tertiary/aromatic N) is 3. The third-order valence-electron chi connectivity index (χ3n) is 5.01. The third-order valence-corrected chi connectivity index (χ3v) is 5.77. The number of allylic oxidation sites excluding steroid dienone is 1. The van der Waals surface area contributed by atoms with Crippen LogP contribution in [0.2, 0.25) is 0 Å². The predicted molar refractivity (Wildman–Crippen MR) is 125 cm³/mol. The van der Waals surface area contributed by atoms with Gasteiger partial charge in [-0.3, -0.25) is 19.3 Å². The first kappa shape index (κ1) is 22.0. The number of ether oxygens (including phenoxy) is 3. The van der Waals surface area contributed by atoms with Crippen molar-refractivity contribution in [3.8, 4) is 28.5 Å². The Hall–Kier alpha value is -4.18. The Morgan fingerprint density at radius 1 is 1.06 bits per heavy atom. The highest BCUT2D eigenvalue weighted by atomic mass is 32.1. The lowest BCUT2D eigenvalue weighted by atomic mass is 10.1. The molecule has 2 aromatic carbocycles. The number of methoxy groups -OCH3 is 3. The summed E-state index contributed by atoms with van der Waals surface area (Å²) < 4.78 is 17.4. The maximum absolute atomic E-state index is 12.8. The fourth-order valence-electron chi connectivity index (χ4n) is 3.40. The molecule has 0 N–H and O–H groups in total. The lowest BCUT2D eigenvalue weighted by Crippen LogP contribution is -1.98. The van der Waals surface area contributed by atoms with E-state index in [2.05, 4.69) is 4.98 Å². The van der Waals surface area contributed by atoms with Crippen LogP contribution in [-0.4, -0.2) is 41.4 Å². The second kappa shape index (κ2) is 9.13. The van der Waals surface area contributed by atoms with Gasteiger partial charge in [-0.2, -0.15) is 0 Å². The summed E-state index contributed by atoms with van der Waals surface area (Å²) in [5.74, 6) is 0.892. The number of hydrogen-bond donors (Lipinski definition) is 0. The van der Waals surface area contributed by atoms with Crippen molar-refractivity contribution in [3.63, 3.8) is 0 Å². The molecule has 0 amide bonds. The zero-order chi connectivity index (χ0) is 23.5. The van der Waals surface area contributed by atoms with Crippen LogP contribution in [0.3, 0.4) is 0 Å². The van der Waals surface area contributed by atoms with E-state index in [-0.39, 0.29) is 17.2 Å². The number of thiazole rings is 1. The molecule has 0 unspecified atom stereocenters. The Morgan fingerprint density at radius 3 is 2.48 bits per heavy atom. The Balaban J connectivity index is 1.75. The maximum Gasteiger partial charge on any atom is 0.311 e. The quantitative estimate of drug-likeness (QED) is 0.158. The Kier molecular flexibility index (Phi) is 6.09. The Bertz CT molecular complexity index is 1390. The molecule has 4 rings (SSSR count). The molecule has 4 aromatic rings. The van der Waals surface area contributed by atoms with E-state index in [1.54, 1.807) is 30.3 Å². The molecule has 33 heavy (non-hydrogen) atoms. The van der Waals surface area contributed by atoms with Crippen LogP contribution in [0.15, 0.2) is 54.1 Å². The molecule has 0 radical (unpaired) electrons. The van der Waals surface area contributed by atoms with E-state index in [4.69, 9.17) is 14.2 Å². The van der Waals surface area contributed by atoms with E-state index >= 15 is 0 Å². The number of nitro benzene ring substituents is 1. The smallest absolute Gasteiger partial charge is 0.311 e. The van der Waals surface area contributed by atoms with Gasteiger partial charge in [0.2, 0.25) is 0 Å². The van der Waals surface area contributed by atoms with Crippen LogP contribution >= 0.6 is 11.3 Å². The minimum absolute atomic E-state index is 0.158. The first-order chi connectivity index (χ1) is 16.0. The van der Waals surface area contributed by atoms with Crippen molar-refractivity contribution >= 4 is 33.8 Å². The molecule has 2 heterocycles. The fourth-order valence-corrected chi connectivity index (χ4v) is 4.12. The van der Waals surface area contributed by atoms with E-state index in [1.807, 2.05) is 16.0 Å².